The summed E-state index contributed by atoms with van der Waals surface area (Å²) in [6.45, 7) is 5.47. The van der Waals surface area contributed by atoms with Crippen molar-refractivity contribution in [2.24, 2.45) is 0 Å². The second kappa shape index (κ2) is 39.3. The number of likely N-dealkylation sites (N-methyl/N-ethyl adjacent to an activating group) is 1. The van der Waals surface area contributed by atoms with E-state index in [2.05, 4.69) is 62.5 Å². The highest BCUT2D eigenvalue weighted by molar-refractivity contribution is 7.47. The Morgan fingerprint density at radius 3 is 1.55 bits per heavy atom. The summed E-state index contributed by atoms with van der Waals surface area (Å²) >= 11 is 0. The molecule has 8 nitrogen and oxygen atoms in total. The maximum atomic E-state index is 12.7. The number of rotatable bonds is 41. The molecule has 0 bridgehead atoms. The molecular weight excluding hydrogens is 709 g/mol. The van der Waals surface area contributed by atoms with E-state index in [-0.39, 0.29) is 32.2 Å². The van der Waals surface area contributed by atoms with E-state index in [0.29, 0.717) is 24.1 Å². The van der Waals surface area contributed by atoms with E-state index in [9.17, 15) is 14.3 Å². The lowest BCUT2D eigenvalue weighted by molar-refractivity contribution is -0.870. The summed E-state index contributed by atoms with van der Waals surface area (Å²) in [5, 5.41) is 0. The van der Waals surface area contributed by atoms with Gasteiger partial charge in [0.05, 0.1) is 34.4 Å². The first-order chi connectivity index (χ1) is 26.6. The van der Waals surface area contributed by atoms with Gasteiger partial charge in [0.15, 0.2) is 0 Å². The van der Waals surface area contributed by atoms with E-state index in [1.165, 1.54) is 103 Å². The van der Waals surface area contributed by atoms with E-state index < -0.39 is 13.9 Å². The minimum absolute atomic E-state index is 0.0802. The second-order valence-corrected chi connectivity index (χ2v) is 17.5. The number of nitrogens with zero attached hydrogens (tertiary/aromatic N) is 1. The second-order valence-electron chi connectivity index (χ2n) is 16.1. The summed E-state index contributed by atoms with van der Waals surface area (Å²) in [6.07, 6.45) is 47.2. The number of carbonyl (C=O) groups excluding carboxylic acids is 1. The van der Waals surface area contributed by atoms with Crippen LogP contribution in [0.25, 0.3) is 0 Å². The molecule has 0 rings (SSSR count). The Kier molecular flexibility index (Phi) is 38.2. The molecule has 0 aromatic carbocycles. The van der Waals surface area contributed by atoms with Crippen LogP contribution in [0.1, 0.15) is 181 Å². The van der Waals surface area contributed by atoms with Gasteiger partial charge in [0.1, 0.15) is 19.3 Å². The third-order valence-corrected chi connectivity index (χ3v) is 10.4. The number of esters is 1. The highest BCUT2D eigenvalue weighted by Gasteiger charge is 2.26. The fourth-order valence-corrected chi connectivity index (χ4v) is 6.70. The maximum absolute atomic E-state index is 12.7. The third-order valence-electron chi connectivity index (χ3n) is 9.40. The van der Waals surface area contributed by atoms with Gasteiger partial charge >= 0.3 is 13.8 Å². The zero-order chi connectivity index (χ0) is 40.6. The lowest BCUT2D eigenvalue weighted by Gasteiger charge is -2.24. The van der Waals surface area contributed by atoms with Crippen LogP contribution in [0, 0.1) is 0 Å². The molecule has 0 spiro atoms. The predicted octanol–water partition coefficient (Wildman–Crippen LogP) is 13.2. The first-order valence-electron chi connectivity index (χ1n) is 22.4. The number of phosphoric ester groups is 1. The standard InChI is InChI=1S/C46H86NO7P/c1-6-8-10-12-14-16-18-20-22-23-24-26-28-30-32-34-36-38-41-51-43-45(44-53-55(49,50)52-42-40-47(3,4)5)54-46(48)39-37-35-33-31-29-27-25-21-19-17-15-13-11-9-7-2/h9,11,15,17,21,25,29,31,45H,6-8,10,12-14,16,18-20,22-24,26-28,30,32-44H2,1-5H3/p+1/b11-9-,17-15-,25-21-,31-29-. The van der Waals surface area contributed by atoms with Gasteiger partial charge in [-0.05, 0) is 51.4 Å². The lowest BCUT2D eigenvalue weighted by Crippen LogP contribution is -2.37. The molecule has 0 heterocycles. The Hall–Kier alpha value is -1.54. The van der Waals surface area contributed by atoms with Crippen molar-refractivity contribution in [3.8, 4) is 0 Å². The molecule has 1 N–H and O–H groups in total. The molecule has 0 aliphatic carbocycles. The molecule has 0 aromatic rings. The van der Waals surface area contributed by atoms with Gasteiger partial charge in [-0.1, -0.05) is 172 Å². The maximum Gasteiger partial charge on any atom is 0.472 e. The van der Waals surface area contributed by atoms with Gasteiger partial charge in [0, 0.05) is 13.0 Å². The molecule has 0 aliphatic rings. The van der Waals surface area contributed by atoms with Crippen LogP contribution in [0.5, 0.6) is 0 Å². The topological polar surface area (TPSA) is 91.3 Å². The van der Waals surface area contributed by atoms with Gasteiger partial charge in [-0.2, -0.15) is 0 Å². The first-order valence-corrected chi connectivity index (χ1v) is 23.9. The largest absolute Gasteiger partial charge is 0.472 e. The van der Waals surface area contributed by atoms with Crippen molar-refractivity contribution in [3.63, 3.8) is 0 Å². The van der Waals surface area contributed by atoms with E-state index in [1.807, 2.05) is 21.1 Å². The van der Waals surface area contributed by atoms with E-state index in [1.54, 1.807) is 0 Å². The Labute approximate surface area is 339 Å². The van der Waals surface area contributed by atoms with Crippen molar-refractivity contribution >= 4 is 13.8 Å². The van der Waals surface area contributed by atoms with Crippen LogP contribution in [0.2, 0.25) is 0 Å². The molecule has 55 heavy (non-hydrogen) atoms. The smallest absolute Gasteiger partial charge is 0.457 e. The predicted molar refractivity (Wildman–Crippen MR) is 233 cm³/mol. The minimum atomic E-state index is -4.28. The van der Waals surface area contributed by atoms with Crippen molar-refractivity contribution in [3.05, 3.63) is 48.6 Å². The summed E-state index contributed by atoms with van der Waals surface area (Å²) in [5.74, 6) is -0.353. The molecule has 2 atom stereocenters. The molecule has 0 saturated heterocycles. The highest BCUT2D eigenvalue weighted by atomic mass is 31.2. The fraction of sp³-hybridized carbons (Fsp3) is 0.804. The van der Waals surface area contributed by atoms with Crippen molar-refractivity contribution < 1.29 is 37.3 Å². The number of quaternary nitrogens is 1. The van der Waals surface area contributed by atoms with E-state index in [0.717, 1.165) is 51.4 Å². The summed E-state index contributed by atoms with van der Waals surface area (Å²) in [5.41, 5.74) is 0. The Morgan fingerprint density at radius 1 is 0.582 bits per heavy atom. The number of hydrogen-bond donors (Lipinski definition) is 1. The Bertz CT molecular complexity index is 1020. The Balaban J connectivity index is 4.26. The van der Waals surface area contributed by atoms with Crippen molar-refractivity contribution in [2.45, 2.75) is 187 Å². The zero-order valence-electron chi connectivity index (χ0n) is 36.4. The van der Waals surface area contributed by atoms with Gasteiger partial charge in [0.2, 0.25) is 0 Å². The average Bonchev–Trinajstić information content (AvgIpc) is 3.13. The van der Waals surface area contributed by atoms with Crippen LogP contribution in [0.15, 0.2) is 48.6 Å². The van der Waals surface area contributed by atoms with Crippen LogP contribution in [0.4, 0.5) is 0 Å². The molecule has 0 radical (unpaired) electrons. The van der Waals surface area contributed by atoms with Gasteiger partial charge in [0.25, 0.3) is 0 Å². The zero-order valence-corrected chi connectivity index (χ0v) is 37.3. The normalized spacial score (nSPS) is 14.2. The van der Waals surface area contributed by atoms with Gasteiger partial charge < -0.3 is 18.9 Å². The third kappa shape index (κ3) is 43.4. The molecule has 2 unspecified atom stereocenters. The summed E-state index contributed by atoms with van der Waals surface area (Å²) in [6, 6.07) is 0. The number of carbonyl (C=O) groups is 1. The van der Waals surface area contributed by atoms with Crippen LogP contribution >= 0.6 is 7.82 Å². The number of phosphoric acid groups is 1. The molecule has 9 heteroatoms. The number of allylic oxidation sites excluding steroid dienone is 8. The highest BCUT2D eigenvalue weighted by Crippen LogP contribution is 2.43. The minimum Gasteiger partial charge on any atom is -0.457 e. The molecule has 0 fully saturated rings. The molecule has 0 amide bonds. The van der Waals surface area contributed by atoms with Crippen molar-refractivity contribution in [1.29, 1.82) is 0 Å². The average molecular weight is 797 g/mol. The van der Waals surface area contributed by atoms with E-state index in [4.69, 9.17) is 18.5 Å². The molecule has 0 aromatic heterocycles. The molecule has 0 aliphatic heterocycles. The van der Waals surface area contributed by atoms with Crippen LogP contribution < -0.4 is 0 Å². The Morgan fingerprint density at radius 2 is 1.05 bits per heavy atom. The number of hydrogen-bond acceptors (Lipinski definition) is 6. The first kappa shape index (κ1) is 53.5. The van der Waals surface area contributed by atoms with Crippen molar-refractivity contribution in [1.82, 2.24) is 0 Å². The molecule has 322 valence electrons. The summed E-state index contributed by atoms with van der Waals surface area (Å²) < 4.78 is 35.0. The molecular formula is C46H87NO7P+. The van der Waals surface area contributed by atoms with E-state index >= 15 is 0 Å². The SMILES string of the molecule is CC/C=C\C/C=C\C/C=C\C/C=C\CCCCC(=O)OC(COCCCCCCCCCCCCCCCCCCCC)COP(=O)(O)OCC[N+](C)(C)C. The lowest BCUT2D eigenvalue weighted by atomic mass is 10.0. The van der Waals surface area contributed by atoms with Crippen LogP contribution in [-0.4, -0.2) is 75.6 Å². The monoisotopic (exact) mass is 797 g/mol. The van der Waals surface area contributed by atoms with Gasteiger partial charge in [-0.3, -0.25) is 13.8 Å². The summed E-state index contributed by atoms with van der Waals surface area (Å²) in [7, 11) is 1.64. The number of ether oxygens (including phenoxy) is 2. The van der Waals surface area contributed by atoms with Crippen LogP contribution in [0.3, 0.4) is 0 Å². The quantitative estimate of drug-likeness (QED) is 0.0217. The fourth-order valence-electron chi connectivity index (χ4n) is 5.96. The van der Waals surface area contributed by atoms with Gasteiger partial charge in [-0.15, -0.1) is 0 Å². The molecule has 0 saturated carbocycles. The summed E-state index contributed by atoms with van der Waals surface area (Å²) in [4.78, 5) is 22.9. The van der Waals surface area contributed by atoms with Crippen molar-refractivity contribution in [2.75, 3.05) is 54.1 Å². The number of unbranched alkanes of at least 4 members (excludes halogenated alkanes) is 19. The van der Waals surface area contributed by atoms with Gasteiger partial charge in [-0.25, -0.2) is 4.57 Å². The van der Waals surface area contributed by atoms with Crippen LogP contribution in [-0.2, 0) is 27.9 Å².